The number of aryl methyl sites for hydroxylation is 1. The van der Waals surface area contributed by atoms with Gasteiger partial charge in [-0.1, -0.05) is 57.9 Å². The Morgan fingerprint density at radius 3 is 2.42 bits per heavy atom. The first-order chi connectivity index (χ1) is 16.0. The van der Waals surface area contributed by atoms with Crippen molar-refractivity contribution in [2.75, 3.05) is 10.6 Å². The number of halogens is 2. The molecule has 2 heterocycles. The number of amides is 1. The minimum absolute atomic E-state index is 0.262. The molecule has 0 spiro atoms. The van der Waals surface area contributed by atoms with E-state index in [9.17, 15) is 9.18 Å². The molecule has 0 saturated heterocycles. The van der Waals surface area contributed by atoms with Crippen LogP contribution in [0.1, 0.15) is 33.1 Å². The smallest absolute Gasteiger partial charge is 0.261 e. The topological polar surface area (TPSA) is 59.0 Å². The van der Waals surface area contributed by atoms with Crippen LogP contribution in [-0.4, -0.2) is 15.7 Å². The number of hydrogen-bond acceptors (Lipinski definition) is 3. The molecule has 7 heteroatoms. The summed E-state index contributed by atoms with van der Waals surface area (Å²) in [7, 11) is 0. The second kappa shape index (κ2) is 8.67. The molecule has 4 aromatic rings. The highest BCUT2D eigenvalue weighted by atomic mass is 79.9. The van der Waals surface area contributed by atoms with Crippen LogP contribution in [0.5, 0.6) is 0 Å². The summed E-state index contributed by atoms with van der Waals surface area (Å²) in [5.74, 6) is 0.0144. The third-order valence-electron chi connectivity index (χ3n) is 5.56. The molecule has 0 radical (unpaired) electrons. The largest absolute Gasteiger partial charge is 0.339 e. The molecule has 1 aliphatic heterocycles. The van der Waals surface area contributed by atoms with Crippen molar-refractivity contribution >= 4 is 39.0 Å². The summed E-state index contributed by atoms with van der Waals surface area (Å²) in [4.78, 5) is 13.1. The zero-order valence-corrected chi connectivity index (χ0v) is 19.3. The summed E-state index contributed by atoms with van der Waals surface area (Å²) >= 11 is 3.47. The van der Waals surface area contributed by atoms with Gasteiger partial charge in [0.25, 0.3) is 5.91 Å². The van der Waals surface area contributed by atoms with E-state index in [0.717, 1.165) is 26.9 Å². The lowest BCUT2D eigenvalue weighted by molar-refractivity contribution is 0.102. The van der Waals surface area contributed by atoms with Crippen LogP contribution in [0, 0.1) is 12.7 Å². The number of rotatable bonds is 4. The van der Waals surface area contributed by atoms with Crippen LogP contribution in [0.15, 0.2) is 89.5 Å². The molecule has 5 nitrogen and oxygen atoms in total. The standard InChI is InChI=1S/C26H20BrFN4O/c1-16-2-12-21(13-3-16)30-26(33)22-15-29-32-24(18-6-10-20(28)11-7-18)14-23(31-25(22)32)17-4-8-19(27)9-5-17/h2-15,24,31H,1H3,(H,30,33)/t24-/m1/s1. The number of benzene rings is 3. The molecule has 3 aromatic carbocycles. The fraction of sp³-hybridized carbons (Fsp3) is 0.0769. The Morgan fingerprint density at radius 1 is 1.03 bits per heavy atom. The van der Waals surface area contributed by atoms with Gasteiger partial charge in [0.2, 0.25) is 0 Å². The van der Waals surface area contributed by atoms with Gasteiger partial charge in [0.15, 0.2) is 0 Å². The maximum absolute atomic E-state index is 13.6. The molecule has 0 saturated carbocycles. The van der Waals surface area contributed by atoms with Crippen LogP contribution in [0.25, 0.3) is 5.70 Å². The summed E-state index contributed by atoms with van der Waals surface area (Å²) in [6.07, 6.45) is 3.58. The third-order valence-corrected chi connectivity index (χ3v) is 6.09. The molecule has 1 aromatic heterocycles. The van der Waals surface area contributed by atoms with Crippen molar-refractivity contribution in [2.24, 2.45) is 0 Å². The van der Waals surface area contributed by atoms with E-state index >= 15 is 0 Å². The molecule has 0 fully saturated rings. The Hall–Kier alpha value is -3.71. The molecule has 1 amide bonds. The lowest BCUT2D eigenvalue weighted by Crippen LogP contribution is -2.22. The monoisotopic (exact) mass is 502 g/mol. The van der Waals surface area contributed by atoms with Gasteiger partial charge in [-0.3, -0.25) is 4.79 Å². The van der Waals surface area contributed by atoms with Crippen LogP contribution in [-0.2, 0) is 0 Å². The number of nitrogens with zero attached hydrogens (tertiary/aromatic N) is 2. The highest BCUT2D eigenvalue weighted by molar-refractivity contribution is 9.10. The van der Waals surface area contributed by atoms with E-state index in [1.54, 1.807) is 23.0 Å². The van der Waals surface area contributed by atoms with Crippen LogP contribution in [0.4, 0.5) is 15.9 Å². The van der Waals surface area contributed by atoms with E-state index in [2.05, 4.69) is 31.7 Å². The maximum Gasteiger partial charge on any atom is 0.261 e. The van der Waals surface area contributed by atoms with Crippen molar-refractivity contribution in [1.82, 2.24) is 9.78 Å². The normalized spacial score (nSPS) is 14.8. The van der Waals surface area contributed by atoms with Crippen molar-refractivity contribution in [3.05, 3.63) is 118 Å². The van der Waals surface area contributed by atoms with Gasteiger partial charge in [-0.25, -0.2) is 9.07 Å². The summed E-state index contributed by atoms with van der Waals surface area (Å²) < 4.78 is 16.3. The Kier molecular flexibility index (Phi) is 5.56. The average molecular weight is 503 g/mol. The number of carbonyl (C=O) groups is 1. The second-order valence-electron chi connectivity index (χ2n) is 7.88. The maximum atomic E-state index is 13.6. The molecule has 0 bridgehead atoms. The van der Waals surface area contributed by atoms with Gasteiger partial charge in [0.1, 0.15) is 17.2 Å². The Morgan fingerprint density at radius 2 is 1.73 bits per heavy atom. The first-order valence-electron chi connectivity index (χ1n) is 10.4. The molecule has 1 atom stereocenters. The van der Waals surface area contributed by atoms with Crippen molar-refractivity contribution in [2.45, 2.75) is 13.0 Å². The van der Waals surface area contributed by atoms with Gasteiger partial charge in [-0.15, -0.1) is 0 Å². The first kappa shape index (κ1) is 21.2. The fourth-order valence-electron chi connectivity index (χ4n) is 3.79. The van der Waals surface area contributed by atoms with Crippen molar-refractivity contribution in [1.29, 1.82) is 0 Å². The molecule has 164 valence electrons. The zero-order chi connectivity index (χ0) is 22.9. The predicted molar refractivity (Wildman–Crippen MR) is 132 cm³/mol. The number of nitrogens with one attached hydrogen (secondary N) is 2. The van der Waals surface area contributed by atoms with Crippen LogP contribution in [0.2, 0.25) is 0 Å². The number of allylic oxidation sites excluding steroid dienone is 1. The lowest BCUT2D eigenvalue weighted by Gasteiger charge is -2.26. The minimum Gasteiger partial charge on any atom is -0.339 e. The lowest BCUT2D eigenvalue weighted by atomic mass is 10.0. The molecule has 1 aliphatic rings. The highest BCUT2D eigenvalue weighted by Gasteiger charge is 2.28. The van der Waals surface area contributed by atoms with Gasteiger partial charge in [-0.05, 0) is 60.5 Å². The van der Waals surface area contributed by atoms with E-state index in [-0.39, 0.29) is 17.8 Å². The summed E-state index contributed by atoms with van der Waals surface area (Å²) in [5.41, 5.74) is 4.91. The van der Waals surface area contributed by atoms with Gasteiger partial charge in [0, 0.05) is 15.9 Å². The zero-order valence-electron chi connectivity index (χ0n) is 17.7. The van der Waals surface area contributed by atoms with Crippen molar-refractivity contribution in [3.63, 3.8) is 0 Å². The molecule has 0 unspecified atom stereocenters. The van der Waals surface area contributed by atoms with E-state index in [1.807, 2.05) is 61.5 Å². The molecular formula is C26H20BrFN4O. The Labute approximate surface area is 199 Å². The molecule has 33 heavy (non-hydrogen) atoms. The number of carbonyl (C=O) groups excluding carboxylic acids is 1. The van der Waals surface area contributed by atoms with E-state index in [4.69, 9.17) is 0 Å². The van der Waals surface area contributed by atoms with Crippen molar-refractivity contribution in [3.8, 4) is 0 Å². The van der Waals surface area contributed by atoms with Gasteiger partial charge in [-0.2, -0.15) is 5.10 Å². The fourth-order valence-corrected chi connectivity index (χ4v) is 4.06. The first-order valence-corrected chi connectivity index (χ1v) is 11.2. The van der Waals surface area contributed by atoms with E-state index < -0.39 is 0 Å². The highest BCUT2D eigenvalue weighted by Crippen LogP contribution is 2.35. The van der Waals surface area contributed by atoms with Gasteiger partial charge in [0.05, 0.1) is 12.2 Å². The Balaban J connectivity index is 1.55. The summed E-state index contributed by atoms with van der Waals surface area (Å²) in [5, 5.41) is 10.8. The van der Waals surface area contributed by atoms with Gasteiger partial charge < -0.3 is 10.6 Å². The molecular weight excluding hydrogens is 483 g/mol. The van der Waals surface area contributed by atoms with Crippen LogP contribution in [0.3, 0.4) is 0 Å². The van der Waals surface area contributed by atoms with E-state index in [1.165, 1.54) is 12.1 Å². The predicted octanol–water partition coefficient (Wildman–Crippen LogP) is 6.40. The Bertz CT molecular complexity index is 1340. The molecule has 2 N–H and O–H groups in total. The molecule has 0 aliphatic carbocycles. The second-order valence-corrected chi connectivity index (χ2v) is 8.80. The quantitative estimate of drug-likeness (QED) is 0.339. The number of fused-ring (bicyclic) bond motifs is 1. The van der Waals surface area contributed by atoms with E-state index in [0.29, 0.717) is 17.1 Å². The number of aromatic nitrogens is 2. The van der Waals surface area contributed by atoms with Gasteiger partial charge >= 0.3 is 0 Å². The molecule has 5 rings (SSSR count). The summed E-state index contributed by atoms with van der Waals surface area (Å²) in [6.45, 7) is 2.00. The average Bonchev–Trinajstić information content (AvgIpc) is 3.25. The van der Waals surface area contributed by atoms with Crippen LogP contribution < -0.4 is 10.6 Å². The minimum atomic E-state index is -0.304. The SMILES string of the molecule is Cc1ccc(NC(=O)c2cnn3c2NC(c2ccc(Br)cc2)=C[C@@H]3c2ccc(F)cc2)cc1. The van der Waals surface area contributed by atoms with Crippen molar-refractivity contribution < 1.29 is 9.18 Å². The third kappa shape index (κ3) is 4.32. The van der Waals surface area contributed by atoms with Crippen LogP contribution >= 0.6 is 15.9 Å². The summed E-state index contributed by atoms with van der Waals surface area (Å²) in [6, 6.07) is 21.5. The number of anilines is 2. The number of hydrogen-bond donors (Lipinski definition) is 2.